The Kier molecular flexibility index (Phi) is 3.60. The molecule has 0 bridgehead atoms. The first-order chi connectivity index (χ1) is 9.22. The third-order valence-corrected chi connectivity index (χ3v) is 4.33. The number of thioether (sulfide) groups is 1. The second-order valence-electron chi connectivity index (χ2n) is 5.14. The summed E-state index contributed by atoms with van der Waals surface area (Å²) in [5.74, 6) is -1.47. The van der Waals surface area contributed by atoms with Gasteiger partial charge in [-0.2, -0.15) is 0 Å². The van der Waals surface area contributed by atoms with Crippen LogP contribution < -0.4 is 4.90 Å². The van der Waals surface area contributed by atoms with Crippen LogP contribution in [0.3, 0.4) is 0 Å². The number of nitrogens with zero attached hydrogens (tertiary/aromatic N) is 1. The van der Waals surface area contributed by atoms with Crippen LogP contribution in [0.4, 0.5) is 5.69 Å². The fourth-order valence-corrected chi connectivity index (χ4v) is 3.24. The first-order valence-electron chi connectivity index (χ1n) is 6.10. The summed E-state index contributed by atoms with van der Waals surface area (Å²) in [4.78, 5) is 36.9. The van der Waals surface area contributed by atoms with E-state index in [0.717, 1.165) is 4.90 Å². The van der Waals surface area contributed by atoms with Gasteiger partial charge in [-0.25, -0.2) is 0 Å². The van der Waals surface area contributed by atoms with Gasteiger partial charge in [-0.3, -0.25) is 19.3 Å². The van der Waals surface area contributed by atoms with Crippen molar-refractivity contribution in [3.8, 4) is 0 Å². The highest BCUT2D eigenvalue weighted by Crippen LogP contribution is 2.45. The van der Waals surface area contributed by atoms with E-state index in [2.05, 4.69) is 0 Å². The van der Waals surface area contributed by atoms with Crippen LogP contribution in [-0.4, -0.2) is 34.1 Å². The standard InChI is InChI=1S/C14H15NO4S/c1-8(16)9-4-5-11-10(6-9)15(7-12(17)18)13(19)14(2,3)20-11/h4-6H,7H2,1-3H3,(H,17,18). The number of ketones is 1. The molecule has 0 atom stereocenters. The molecule has 1 N–H and O–H groups in total. The van der Waals surface area contributed by atoms with Crippen molar-refractivity contribution in [3.05, 3.63) is 23.8 Å². The van der Waals surface area contributed by atoms with Crippen LogP contribution in [0, 0.1) is 0 Å². The highest BCUT2D eigenvalue weighted by molar-refractivity contribution is 8.01. The summed E-state index contributed by atoms with van der Waals surface area (Å²) in [6, 6.07) is 5.04. The Balaban J connectivity index is 2.56. The molecular formula is C14H15NO4S. The molecule has 1 amide bonds. The molecule has 0 spiro atoms. The van der Waals surface area contributed by atoms with E-state index in [4.69, 9.17) is 5.11 Å². The number of Topliss-reactive ketones (excluding diaryl/α,β-unsaturated/α-hetero) is 1. The lowest BCUT2D eigenvalue weighted by Gasteiger charge is -2.37. The summed E-state index contributed by atoms with van der Waals surface area (Å²) in [7, 11) is 0. The number of rotatable bonds is 3. The maximum atomic E-state index is 12.4. The van der Waals surface area contributed by atoms with E-state index in [0.29, 0.717) is 11.3 Å². The molecule has 0 saturated heterocycles. The summed E-state index contributed by atoms with van der Waals surface area (Å²) in [5, 5.41) is 8.99. The molecule has 0 fully saturated rings. The van der Waals surface area contributed by atoms with Gasteiger partial charge in [0.05, 0.1) is 10.4 Å². The number of hydrogen-bond donors (Lipinski definition) is 1. The monoisotopic (exact) mass is 293 g/mol. The van der Waals surface area contributed by atoms with Gasteiger partial charge in [0, 0.05) is 10.5 Å². The number of carbonyl (C=O) groups is 3. The third kappa shape index (κ3) is 2.56. The summed E-state index contributed by atoms with van der Waals surface area (Å²) >= 11 is 1.38. The normalized spacial score (nSPS) is 16.8. The molecule has 1 heterocycles. The van der Waals surface area contributed by atoms with Crippen LogP contribution in [0.15, 0.2) is 23.1 Å². The molecule has 1 aliphatic rings. The molecular weight excluding hydrogens is 278 g/mol. The fourth-order valence-electron chi connectivity index (χ4n) is 2.08. The molecule has 0 radical (unpaired) electrons. The lowest BCUT2D eigenvalue weighted by atomic mass is 10.1. The van der Waals surface area contributed by atoms with Gasteiger partial charge in [-0.1, -0.05) is 6.07 Å². The molecule has 1 aromatic rings. The Morgan fingerprint density at radius 1 is 1.35 bits per heavy atom. The van der Waals surface area contributed by atoms with E-state index in [1.165, 1.54) is 23.6 Å². The number of carboxylic acids is 1. The van der Waals surface area contributed by atoms with E-state index in [1.807, 2.05) is 0 Å². The first-order valence-corrected chi connectivity index (χ1v) is 6.92. The molecule has 6 heteroatoms. The smallest absolute Gasteiger partial charge is 0.323 e. The number of carboxylic acid groups (broad SMARTS) is 1. The van der Waals surface area contributed by atoms with Gasteiger partial charge in [0.2, 0.25) is 5.91 Å². The SMILES string of the molecule is CC(=O)c1ccc2c(c1)N(CC(=O)O)C(=O)C(C)(C)S2. The van der Waals surface area contributed by atoms with Gasteiger partial charge in [0.15, 0.2) is 5.78 Å². The predicted octanol–water partition coefficient (Wildman–Crippen LogP) is 2.19. The summed E-state index contributed by atoms with van der Waals surface area (Å²) in [6.07, 6.45) is 0. The van der Waals surface area contributed by atoms with Gasteiger partial charge >= 0.3 is 5.97 Å². The number of fused-ring (bicyclic) bond motifs is 1. The molecule has 2 rings (SSSR count). The minimum Gasteiger partial charge on any atom is -0.480 e. The second kappa shape index (κ2) is 4.94. The highest BCUT2D eigenvalue weighted by Gasteiger charge is 2.40. The number of anilines is 1. The summed E-state index contributed by atoms with van der Waals surface area (Å²) in [5.41, 5.74) is 0.960. The van der Waals surface area contributed by atoms with Crippen LogP contribution in [0.2, 0.25) is 0 Å². The largest absolute Gasteiger partial charge is 0.480 e. The lowest BCUT2D eigenvalue weighted by molar-refractivity contribution is -0.136. The predicted molar refractivity (Wildman–Crippen MR) is 76.4 cm³/mol. The molecule has 1 aromatic carbocycles. The van der Waals surface area contributed by atoms with Crippen molar-refractivity contribution in [3.63, 3.8) is 0 Å². The molecule has 1 aliphatic heterocycles. The Hall–Kier alpha value is -1.82. The maximum absolute atomic E-state index is 12.4. The quantitative estimate of drug-likeness (QED) is 0.865. The maximum Gasteiger partial charge on any atom is 0.323 e. The average Bonchev–Trinajstić information content (AvgIpc) is 2.33. The van der Waals surface area contributed by atoms with Crippen LogP contribution in [0.1, 0.15) is 31.1 Å². The van der Waals surface area contributed by atoms with E-state index >= 15 is 0 Å². The average molecular weight is 293 g/mol. The zero-order valence-corrected chi connectivity index (χ0v) is 12.3. The van der Waals surface area contributed by atoms with Crippen LogP contribution in [-0.2, 0) is 9.59 Å². The molecule has 0 unspecified atom stereocenters. The zero-order valence-electron chi connectivity index (χ0n) is 11.5. The molecule has 20 heavy (non-hydrogen) atoms. The van der Waals surface area contributed by atoms with Crippen molar-refractivity contribution < 1.29 is 19.5 Å². The Morgan fingerprint density at radius 3 is 2.55 bits per heavy atom. The van der Waals surface area contributed by atoms with Crippen molar-refractivity contribution >= 4 is 35.1 Å². The Labute approximate surface area is 121 Å². The number of aliphatic carboxylic acids is 1. The summed E-state index contributed by atoms with van der Waals surface area (Å²) in [6.45, 7) is 4.55. The van der Waals surface area contributed by atoms with Crippen LogP contribution in [0.5, 0.6) is 0 Å². The van der Waals surface area contributed by atoms with Gasteiger partial charge in [-0.15, -0.1) is 11.8 Å². The molecule has 0 aliphatic carbocycles. The van der Waals surface area contributed by atoms with E-state index < -0.39 is 17.3 Å². The van der Waals surface area contributed by atoms with Crippen molar-refractivity contribution in [2.24, 2.45) is 0 Å². The molecule has 0 aromatic heterocycles. The minimum absolute atomic E-state index is 0.120. The van der Waals surface area contributed by atoms with Crippen molar-refractivity contribution in [2.75, 3.05) is 11.4 Å². The van der Waals surface area contributed by atoms with Crippen molar-refractivity contribution in [1.29, 1.82) is 0 Å². The van der Waals surface area contributed by atoms with Gasteiger partial charge in [-0.05, 0) is 32.9 Å². The number of hydrogen-bond acceptors (Lipinski definition) is 4. The van der Waals surface area contributed by atoms with Gasteiger partial charge in [0.1, 0.15) is 6.54 Å². The van der Waals surface area contributed by atoms with Gasteiger partial charge in [0.25, 0.3) is 0 Å². The minimum atomic E-state index is -1.08. The topological polar surface area (TPSA) is 74.7 Å². The third-order valence-electron chi connectivity index (χ3n) is 3.07. The molecule has 0 saturated carbocycles. The Morgan fingerprint density at radius 2 is 2.00 bits per heavy atom. The van der Waals surface area contributed by atoms with E-state index in [-0.39, 0.29) is 11.7 Å². The Bertz CT molecular complexity index is 609. The number of amides is 1. The summed E-state index contributed by atoms with van der Waals surface area (Å²) < 4.78 is -0.722. The second-order valence-corrected chi connectivity index (χ2v) is 6.80. The van der Waals surface area contributed by atoms with E-state index in [9.17, 15) is 14.4 Å². The first kappa shape index (κ1) is 14.6. The molecule has 5 nitrogen and oxygen atoms in total. The lowest BCUT2D eigenvalue weighted by Crippen LogP contribution is -2.48. The zero-order chi connectivity index (χ0) is 15.1. The van der Waals surface area contributed by atoms with Crippen molar-refractivity contribution in [2.45, 2.75) is 30.4 Å². The van der Waals surface area contributed by atoms with Crippen LogP contribution >= 0.6 is 11.8 Å². The number of carbonyl (C=O) groups excluding carboxylic acids is 2. The van der Waals surface area contributed by atoms with Gasteiger partial charge < -0.3 is 5.11 Å². The highest BCUT2D eigenvalue weighted by atomic mass is 32.2. The molecule has 106 valence electrons. The number of benzene rings is 1. The van der Waals surface area contributed by atoms with Crippen LogP contribution in [0.25, 0.3) is 0 Å². The fraction of sp³-hybridized carbons (Fsp3) is 0.357. The van der Waals surface area contributed by atoms with Crippen molar-refractivity contribution in [1.82, 2.24) is 0 Å². The van der Waals surface area contributed by atoms with E-state index in [1.54, 1.807) is 32.0 Å².